The molecule has 0 unspecified atom stereocenters. The minimum Gasteiger partial charge on any atom is -0.494 e. The minimum absolute atomic E-state index is 0.570. The van der Waals surface area contributed by atoms with Gasteiger partial charge in [-0.25, -0.2) is 0 Å². The maximum Gasteiger partial charge on any atom is 0.127 e. The van der Waals surface area contributed by atoms with E-state index in [0.29, 0.717) is 13.2 Å². The Hall–Kier alpha value is -5.74. The van der Waals surface area contributed by atoms with Crippen LogP contribution in [0.5, 0.6) is 23.0 Å². The normalized spacial score (nSPS) is 11.7. The highest BCUT2D eigenvalue weighted by molar-refractivity contribution is 5.80. The summed E-state index contributed by atoms with van der Waals surface area (Å²) in [7, 11) is 0. The summed E-state index contributed by atoms with van der Waals surface area (Å²) < 4.78 is 24.2. The highest BCUT2D eigenvalue weighted by atomic mass is 16.5. The Morgan fingerprint density at radius 2 is 0.581 bits per heavy atom. The smallest absolute Gasteiger partial charge is 0.127 e. The van der Waals surface area contributed by atoms with Crippen LogP contribution in [0.15, 0.2) is 109 Å². The first-order chi connectivity index (χ1) is 30.6. The van der Waals surface area contributed by atoms with Crippen molar-refractivity contribution < 1.29 is 18.9 Å². The molecule has 0 saturated carbocycles. The maximum absolute atomic E-state index is 6.14. The predicted molar refractivity (Wildman–Crippen MR) is 268 cm³/mol. The van der Waals surface area contributed by atoms with Crippen molar-refractivity contribution in [1.82, 2.24) is 0 Å². The molecular weight excluding hydrogens is 761 g/mol. The third-order valence-corrected chi connectivity index (χ3v) is 10.8. The van der Waals surface area contributed by atoms with Gasteiger partial charge in [0.25, 0.3) is 0 Å². The highest BCUT2D eigenvalue weighted by Crippen LogP contribution is 2.32. The molecule has 5 aromatic rings. The molecular formula is C58H70O4. The lowest BCUT2D eigenvalue weighted by atomic mass is 10.0. The molecule has 326 valence electrons. The molecule has 0 N–H and O–H groups in total. The van der Waals surface area contributed by atoms with E-state index < -0.39 is 0 Å². The van der Waals surface area contributed by atoms with Gasteiger partial charge in [-0.3, -0.25) is 0 Å². The van der Waals surface area contributed by atoms with E-state index in [-0.39, 0.29) is 0 Å². The van der Waals surface area contributed by atoms with E-state index in [1.54, 1.807) is 0 Å². The zero-order chi connectivity index (χ0) is 43.5. The van der Waals surface area contributed by atoms with E-state index in [1.807, 2.05) is 13.8 Å². The maximum atomic E-state index is 6.14. The van der Waals surface area contributed by atoms with E-state index in [1.165, 1.54) is 64.2 Å². The fourth-order valence-corrected chi connectivity index (χ4v) is 7.10. The molecule has 5 aromatic carbocycles. The number of benzene rings is 5. The van der Waals surface area contributed by atoms with Gasteiger partial charge < -0.3 is 18.9 Å². The summed E-state index contributed by atoms with van der Waals surface area (Å²) in [5, 5.41) is 0. The van der Waals surface area contributed by atoms with Gasteiger partial charge in [0, 0.05) is 11.1 Å². The number of ether oxygens (including phenoxy) is 4. The molecule has 0 bridgehead atoms. The van der Waals surface area contributed by atoms with E-state index in [9.17, 15) is 0 Å². The first-order valence-corrected chi connectivity index (χ1v) is 23.4. The molecule has 0 aromatic heterocycles. The Balaban J connectivity index is 1.14. The van der Waals surface area contributed by atoms with Crippen LogP contribution in [0.1, 0.15) is 149 Å². The van der Waals surface area contributed by atoms with Crippen molar-refractivity contribution in [3.05, 3.63) is 154 Å². The first kappa shape index (κ1) is 47.3. The molecule has 62 heavy (non-hydrogen) atoms. The Labute approximate surface area is 374 Å². The largest absolute Gasteiger partial charge is 0.494 e. The van der Waals surface area contributed by atoms with E-state index in [2.05, 4.69) is 172 Å². The van der Waals surface area contributed by atoms with Gasteiger partial charge in [0.1, 0.15) is 23.0 Å². The SMILES string of the molecule is CCCCCCCCOc1ccc(/C=C/c2ccc(/C=C/c3cc(OCC)c(/C=C/c4ccc(/C=C/c5ccc(OCCCCCCCC)cc5)cc4)cc3OCC)cc2)cc1. The van der Waals surface area contributed by atoms with E-state index >= 15 is 0 Å². The molecule has 0 atom stereocenters. The molecule has 0 fully saturated rings. The quantitative estimate of drug-likeness (QED) is 0.0372. The van der Waals surface area contributed by atoms with Crippen molar-refractivity contribution in [1.29, 1.82) is 0 Å². The van der Waals surface area contributed by atoms with Gasteiger partial charge in [0.05, 0.1) is 26.4 Å². The van der Waals surface area contributed by atoms with Crippen molar-refractivity contribution in [3.8, 4) is 23.0 Å². The minimum atomic E-state index is 0.570. The van der Waals surface area contributed by atoms with Crippen LogP contribution in [0.3, 0.4) is 0 Å². The van der Waals surface area contributed by atoms with Crippen molar-refractivity contribution in [3.63, 3.8) is 0 Å². The molecule has 0 heterocycles. The van der Waals surface area contributed by atoms with Gasteiger partial charge in [0.2, 0.25) is 0 Å². The summed E-state index contributed by atoms with van der Waals surface area (Å²) in [6, 6.07) is 38.0. The van der Waals surface area contributed by atoms with Gasteiger partial charge in [-0.2, -0.15) is 0 Å². The molecule has 0 aliphatic rings. The summed E-state index contributed by atoms with van der Waals surface area (Å²) in [5.41, 5.74) is 8.76. The number of rotatable bonds is 28. The van der Waals surface area contributed by atoms with Crippen LogP contribution in [0.4, 0.5) is 0 Å². The lowest BCUT2D eigenvalue weighted by Crippen LogP contribution is -1.99. The first-order valence-electron chi connectivity index (χ1n) is 23.4. The topological polar surface area (TPSA) is 36.9 Å². The standard InChI is InChI=1S/C58H70O4/c1-5-9-11-13-15-17-43-61-55-39-33-51(34-40-55)29-23-47-19-25-49(26-20-47)31-37-53-45-58(60-8-4)54(46-57(53)59-7-3)38-32-50-27-21-48(22-28-50)24-30-52-35-41-56(42-36-52)62-44-18-16-14-12-10-6-2/h19-42,45-46H,5-18,43-44H2,1-4H3/b29-23+,30-24+,37-31+,38-32+. The van der Waals surface area contributed by atoms with Crippen LogP contribution in [0.2, 0.25) is 0 Å². The Bertz CT molecular complexity index is 1950. The Morgan fingerprint density at radius 3 is 0.887 bits per heavy atom. The van der Waals surface area contributed by atoms with Crippen LogP contribution in [0.25, 0.3) is 48.6 Å². The third kappa shape index (κ3) is 17.3. The fourth-order valence-electron chi connectivity index (χ4n) is 7.10. The van der Waals surface area contributed by atoms with Crippen LogP contribution >= 0.6 is 0 Å². The van der Waals surface area contributed by atoms with Crippen LogP contribution in [0, 0.1) is 0 Å². The number of unbranched alkanes of at least 4 members (excludes halogenated alkanes) is 10. The molecule has 0 amide bonds. The summed E-state index contributed by atoms with van der Waals surface area (Å²) in [6.07, 6.45) is 32.3. The lowest BCUT2D eigenvalue weighted by molar-refractivity contribution is 0.304. The summed E-state index contributed by atoms with van der Waals surface area (Å²) >= 11 is 0. The fraction of sp³-hybridized carbons (Fsp3) is 0.345. The Kier molecular flexibility index (Phi) is 21.3. The number of hydrogen-bond donors (Lipinski definition) is 0. The number of hydrogen-bond acceptors (Lipinski definition) is 4. The average Bonchev–Trinajstić information content (AvgIpc) is 3.30. The molecule has 5 rings (SSSR count). The van der Waals surface area contributed by atoms with Gasteiger partial charge in [-0.1, -0.05) is 199 Å². The summed E-state index contributed by atoms with van der Waals surface area (Å²) in [5.74, 6) is 3.52. The van der Waals surface area contributed by atoms with Crippen molar-refractivity contribution in [2.45, 2.75) is 105 Å². The summed E-state index contributed by atoms with van der Waals surface area (Å²) in [4.78, 5) is 0. The second-order valence-electron chi connectivity index (χ2n) is 15.8. The van der Waals surface area contributed by atoms with Crippen LogP contribution < -0.4 is 18.9 Å². The molecule has 0 aliphatic carbocycles. The molecule has 0 radical (unpaired) electrons. The van der Waals surface area contributed by atoms with Gasteiger partial charge in [-0.15, -0.1) is 0 Å². The van der Waals surface area contributed by atoms with Crippen molar-refractivity contribution in [2.75, 3.05) is 26.4 Å². The average molecular weight is 831 g/mol. The zero-order valence-corrected chi connectivity index (χ0v) is 38.0. The van der Waals surface area contributed by atoms with Crippen molar-refractivity contribution in [2.24, 2.45) is 0 Å². The predicted octanol–water partition coefficient (Wildman–Crippen LogP) is 16.6. The van der Waals surface area contributed by atoms with Crippen LogP contribution in [-0.4, -0.2) is 26.4 Å². The zero-order valence-electron chi connectivity index (χ0n) is 38.0. The van der Waals surface area contributed by atoms with E-state index in [0.717, 1.165) is 93.6 Å². The lowest BCUT2D eigenvalue weighted by Gasteiger charge is -2.14. The van der Waals surface area contributed by atoms with Gasteiger partial charge in [-0.05, 0) is 96.5 Å². The molecule has 0 spiro atoms. The molecule has 0 saturated heterocycles. The van der Waals surface area contributed by atoms with E-state index in [4.69, 9.17) is 18.9 Å². The third-order valence-electron chi connectivity index (χ3n) is 10.8. The second kappa shape index (κ2) is 28.0. The highest BCUT2D eigenvalue weighted by Gasteiger charge is 2.10. The van der Waals surface area contributed by atoms with Gasteiger partial charge in [0.15, 0.2) is 0 Å². The monoisotopic (exact) mass is 831 g/mol. The Morgan fingerprint density at radius 1 is 0.306 bits per heavy atom. The molecule has 4 nitrogen and oxygen atoms in total. The van der Waals surface area contributed by atoms with Gasteiger partial charge >= 0.3 is 0 Å². The summed E-state index contributed by atoms with van der Waals surface area (Å²) in [6.45, 7) is 11.3. The molecule has 4 heteroatoms. The second-order valence-corrected chi connectivity index (χ2v) is 15.8. The molecule has 0 aliphatic heterocycles. The van der Waals surface area contributed by atoms with Crippen molar-refractivity contribution >= 4 is 48.6 Å². The van der Waals surface area contributed by atoms with Crippen LogP contribution in [-0.2, 0) is 0 Å².